The number of esters is 1. The van der Waals surface area contributed by atoms with Crippen molar-refractivity contribution in [3.8, 4) is 0 Å². The first-order valence-corrected chi connectivity index (χ1v) is 6.03. The van der Waals surface area contributed by atoms with E-state index in [0.717, 1.165) is 17.0 Å². The van der Waals surface area contributed by atoms with Crippen LogP contribution >= 0.6 is 0 Å². The number of imidazole rings is 1. The van der Waals surface area contributed by atoms with Gasteiger partial charge in [0.15, 0.2) is 0 Å². The minimum absolute atomic E-state index is 0.191. The van der Waals surface area contributed by atoms with Gasteiger partial charge < -0.3 is 14.6 Å². The van der Waals surface area contributed by atoms with Gasteiger partial charge in [-0.1, -0.05) is 12.1 Å². The molecule has 0 aliphatic heterocycles. The second-order valence-corrected chi connectivity index (χ2v) is 3.96. The van der Waals surface area contributed by atoms with Crippen LogP contribution in [0.5, 0.6) is 0 Å². The van der Waals surface area contributed by atoms with Crippen LogP contribution in [0.3, 0.4) is 0 Å². The van der Waals surface area contributed by atoms with Crippen molar-refractivity contribution in [2.45, 2.75) is 13.3 Å². The number of fused-ring (bicyclic) bond motifs is 1. The topological polar surface area (TPSA) is 56.1 Å². The van der Waals surface area contributed by atoms with Crippen molar-refractivity contribution in [2.24, 2.45) is 7.05 Å². The highest BCUT2D eigenvalue weighted by Crippen LogP contribution is 2.17. The number of benzene rings is 1. The smallest absolute Gasteiger partial charge is 0.307 e. The van der Waals surface area contributed by atoms with Crippen LogP contribution in [0.15, 0.2) is 24.3 Å². The summed E-state index contributed by atoms with van der Waals surface area (Å²) in [6, 6.07) is 7.91. The molecule has 1 aromatic carbocycles. The summed E-state index contributed by atoms with van der Waals surface area (Å²) in [6.45, 7) is 2.75. The Hall–Kier alpha value is -2.04. The molecule has 0 aliphatic carbocycles. The van der Waals surface area contributed by atoms with Gasteiger partial charge in [0.1, 0.15) is 0 Å². The molecule has 1 heterocycles. The minimum Gasteiger partial charge on any atom is -0.466 e. The van der Waals surface area contributed by atoms with Crippen molar-refractivity contribution >= 4 is 23.0 Å². The van der Waals surface area contributed by atoms with Gasteiger partial charge in [0.2, 0.25) is 5.95 Å². The summed E-state index contributed by atoms with van der Waals surface area (Å²) in [5, 5.41) is 3.14. The molecule has 0 unspecified atom stereocenters. The van der Waals surface area contributed by atoms with Crippen LogP contribution in [0.25, 0.3) is 11.0 Å². The third-order valence-corrected chi connectivity index (χ3v) is 2.70. The van der Waals surface area contributed by atoms with Crippen LogP contribution < -0.4 is 5.32 Å². The molecule has 0 saturated carbocycles. The largest absolute Gasteiger partial charge is 0.466 e. The number of para-hydroxylation sites is 2. The van der Waals surface area contributed by atoms with Gasteiger partial charge in [-0.25, -0.2) is 4.98 Å². The fourth-order valence-corrected chi connectivity index (χ4v) is 1.81. The lowest BCUT2D eigenvalue weighted by Gasteiger charge is -2.05. The van der Waals surface area contributed by atoms with Crippen LogP contribution in [0.2, 0.25) is 0 Å². The Kier molecular flexibility index (Phi) is 3.82. The first-order chi connectivity index (χ1) is 8.72. The number of aryl methyl sites for hydroxylation is 1. The summed E-state index contributed by atoms with van der Waals surface area (Å²) in [5.41, 5.74) is 2.01. The van der Waals surface area contributed by atoms with Gasteiger partial charge in [0.25, 0.3) is 0 Å². The Morgan fingerprint density at radius 2 is 2.22 bits per heavy atom. The van der Waals surface area contributed by atoms with Crippen LogP contribution in [0.4, 0.5) is 5.95 Å². The molecule has 0 spiro atoms. The quantitative estimate of drug-likeness (QED) is 0.820. The lowest BCUT2D eigenvalue weighted by Crippen LogP contribution is -2.13. The first kappa shape index (κ1) is 12.4. The third-order valence-electron chi connectivity index (χ3n) is 2.70. The Balaban J connectivity index is 1.99. The number of aromatic nitrogens is 2. The molecule has 5 heteroatoms. The first-order valence-electron chi connectivity index (χ1n) is 6.03. The molecule has 0 amide bonds. The second-order valence-electron chi connectivity index (χ2n) is 3.96. The summed E-state index contributed by atoms with van der Waals surface area (Å²) in [6.07, 6.45) is 0.344. The zero-order valence-electron chi connectivity index (χ0n) is 10.6. The average molecular weight is 247 g/mol. The Bertz CT molecular complexity index is 548. The maximum atomic E-state index is 11.2. The second kappa shape index (κ2) is 5.53. The van der Waals surface area contributed by atoms with Crippen LogP contribution in [0.1, 0.15) is 13.3 Å². The molecule has 2 aromatic rings. The minimum atomic E-state index is -0.191. The van der Waals surface area contributed by atoms with E-state index < -0.39 is 0 Å². The summed E-state index contributed by atoms with van der Waals surface area (Å²) in [7, 11) is 1.95. The fraction of sp³-hybridized carbons (Fsp3) is 0.385. The molecular formula is C13H17N3O2. The Morgan fingerprint density at radius 3 is 2.94 bits per heavy atom. The van der Waals surface area contributed by atoms with E-state index in [2.05, 4.69) is 10.3 Å². The van der Waals surface area contributed by atoms with Gasteiger partial charge in [0, 0.05) is 13.6 Å². The maximum Gasteiger partial charge on any atom is 0.307 e. The van der Waals surface area contributed by atoms with Gasteiger partial charge in [-0.05, 0) is 19.1 Å². The Morgan fingerprint density at radius 1 is 1.44 bits per heavy atom. The lowest BCUT2D eigenvalue weighted by molar-refractivity contribution is -0.142. The van der Waals surface area contributed by atoms with E-state index in [9.17, 15) is 4.79 Å². The molecule has 0 fully saturated rings. The predicted molar refractivity (Wildman–Crippen MR) is 70.5 cm³/mol. The molecule has 0 aliphatic rings. The van der Waals surface area contributed by atoms with E-state index in [1.807, 2.05) is 35.9 Å². The molecule has 0 bridgehead atoms. The molecule has 1 aromatic heterocycles. The van der Waals surface area contributed by atoms with Crippen LogP contribution in [-0.2, 0) is 16.6 Å². The van der Waals surface area contributed by atoms with Crippen molar-refractivity contribution in [3.05, 3.63) is 24.3 Å². The SMILES string of the molecule is CCOC(=O)CCNc1nc2ccccc2n1C. The monoisotopic (exact) mass is 247 g/mol. The van der Waals surface area contributed by atoms with Crippen molar-refractivity contribution in [3.63, 3.8) is 0 Å². The van der Waals surface area contributed by atoms with E-state index in [1.165, 1.54) is 0 Å². The van der Waals surface area contributed by atoms with Crippen LogP contribution in [0, 0.1) is 0 Å². The molecule has 0 atom stereocenters. The van der Waals surface area contributed by atoms with Gasteiger partial charge in [-0.3, -0.25) is 4.79 Å². The highest BCUT2D eigenvalue weighted by atomic mass is 16.5. The summed E-state index contributed by atoms with van der Waals surface area (Å²) in [4.78, 5) is 15.7. The third kappa shape index (κ3) is 2.61. The van der Waals surface area contributed by atoms with Crippen molar-refractivity contribution in [1.29, 1.82) is 0 Å². The zero-order valence-corrected chi connectivity index (χ0v) is 10.6. The lowest BCUT2D eigenvalue weighted by atomic mass is 10.3. The molecule has 18 heavy (non-hydrogen) atoms. The number of hydrogen-bond acceptors (Lipinski definition) is 4. The van der Waals surface area contributed by atoms with E-state index in [-0.39, 0.29) is 5.97 Å². The molecule has 2 rings (SSSR count). The number of ether oxygens (including phenoxy) is 1. The number of carbonyl (C=O) groups excluding carboxylic acids is 1. The van der Waals surface area contributed by atoms with E-state index >= 15 is 0 Å². The number of nitrogens with zero attached hydrogens (tertiary/aromatic N) is 2. The van der Waals surface area contributed by atoms with Crippen LogP contribution in [-0.4, -0.2) is 28.7 Å². The van der Waals surface area contributed by atoms with E-state index in [0.29, 0.717) is 19.6 Å². The Labute approximate surface area is 106 Å². The maximum absolute atomic E-state index is 11.2. The van der Waals surface area contributed by atoms with Crippen molar-refractivity contribution in [1.82, 2.24) is 9.55 Å². The van der Waals surface area contributed by atoms with Crippen molar-refractivity contribution in [2.75, 3.05) is 18.5 Å². The summed E-state index contributed by atoms with van der Waals surface area (Å²) < 4.78 is 6.84. The van der Waals surface area contributed by atoms with E-state index in [1.54, 1.807) is 6.92 Å². The molecule has 5 nitrogen and oxygen atoms in total. The summed E-state index contributed by atoms with van der Waals surface area (Å²) in [5.74, 6) is 0.573. The predicted octanol–water partition coefficient (Wildman–Crippen LogP) is 1.94. The molecule has 1 N–H and O–H groups in total. The number of rotatable bonds is 5. The number of anilines is 1. The number of hydrogen-bond donors (Lipinski definition) is 1. The molecular weight excluding hydrogens is 230 g/mol. The number of carbonyl (C=O) groups is 1. The summed E-state index contributed by atoms with van der Waals surface area (Å²) >= 11 is 0. The van der Waals surface area contributed by atoms with Gasteiger partial charge in [-0.2, -0.15) is 0 Å². The number of nitrogens with one attached hydrogen (secondary N) is 1. The standard InChI is InChI=1S/C13H17N3O2/c1-3-18-12(17)8-9-14-13-15-10-6-4-5-7-11(10)16(13)2/h4-7H,3,8-9H2,1-2H3,(H,14,15). The van der Waals surface area contributed by atoms with Gasteiger partial charge in [-0.15, -0.1) is 0 Å². The molecule has 0 radical (unpaired) electrons. The van der Waals surface area contributed by atoms with E-state index in [4.69, 9.17) is 4.74 Å². The highest BCUT2D eigenvalue weighted by molar-refractivity contribution is 5.78. The van der Waals surface area contributed by atoms with Gasteiger partial charge in [0.05, 0.1) is 24.1 Å². The highest BCUT2D eigenvalue weighted by Gasteiger charge is 2.07. The normalized spacial score (nSPS) is 10.6. The van der Waals surface area contributed by atoms with Gasteiger partial charge >= 0.3 is 5.97 Å². The average Bonchev–Trinajstić information content (AvgIpc) is 2.68. The van der Waals surface area contributed by atoms with Crippen molar-refractivity contribution < 1.29 is 9.53 Å². The molecule has 96 valence electrons. The zero-order chi connectivity index (χ0) is 13.0. The molecule has 0 saturated heterocycles. The fourth-order valence-electron chi connectivity index (χ4n) is 1.81.